The summed E-state index contributed by atoms with van der Waals surface area (Å²) < 4.78 is 0. The van der Waals surface area contributed by atoms with Gasteiger partial charge in [0.15, 0.2) is 5.13 Å². The molecule has 2 aromatic rings. The Balaban J connectivity index is 1.63. The topological polar surface area (TPSA) is 28.2 Å². The molecule has 1 aliphatic heterocycles. The number of nitrogens with zero attached hydrogens (tertiary/aromatic N) is 2. The molecule has 2 heterocycles. The molecule has 0 fully saturated rings. The van der Waals surface area contributed by atoms with Gasteiger partial charge in [0, 0.05) is 37.5 Å². The molecule has 0 amide bonds. The molecule has 3 rings (SSSR count). The maximum atomic E-state index is 4.72. The lowest BCUT2D eigenvalue weighted by Crippen LogP contribution is -2.25. The first kappa shape index (κ1) is 13.6. The van der Waals surface area contributed by atoms with Crippen molar-refractivity contribution in [2.45, 2.75) is 26.3 Å². The first-order chi connectivity index (χ1) is 9.85. The molecule has 106 valence electrons. The zero-order chi connectivity index (χ0) is 13.8. The van der Waals surface area contributed by atoms with Crippen LogP contribution in [0.15, 0.2) is 30.3 Å². The molecule has 1 N–H and O–H groups in total. The SMILES string of the molecule is CCNc1nc2c(s1)CCN(Cc1ccccc1)CC2. The van der Waals surface area contributed by atoms with Crippen LogP contribution in [-0.2, 0) is 19.4 Å². The fourth-order valence-electron chi connectivity index (χ4n) is 2.64. The third-order valence-corrected chi connectivity index (χ3v) is 4.79. The van der Waals surface area contributed by atoms with Crippen LogP contribution in [0.5, 0.6) is 0 Å². The highest BCUT2D eigenvalue weighted by atomic mass is 32.1. The number of benzene rings is 1. The molecular weight excluding hydrogens is 266 g/mol. The van der Waals surface area contributed by atoms with Crippen molar-refractivity contribution in [2.24, 2.45) is 0 Å². The van der Waals surface area contributed by atoms with Crippen LogP contribution in [0.25, 0.3) is 0 Å². The molecule has 3 nitrogen and oxygen atoms in total. The van der Waals surface area contributed by atoms with Crippen LogP contribution in [0.3, 0.4) is 0 Å². The van der Waals surface area contributed by atoms with Gasteiger partial charge in [-0.25, -0.2) is 4.98 Å². The summed E-state index contributed by atoms with van der Waals surface area (Å²) in [4.78, 5) is 8.73. The summed E-state index contributed by atoms with van der Waals surface area (Å²) in [5, 5.41) is 4.42. The van der Waals surface area contributed by atoms with Gasteiger partial charge in [-0.15, -0.1) is 11.3 Å². The zero-order valence-electron chi connectivity index (χ0n) is 11.9. The highest BCUT2D eigenvalue weighted by molar-refractivity contribution is 7.15. The van der Waals surface area contributed by atoms with Crippen LogP contribution in [0.4, 0.5) is 5.13 Å². The van der Waals surface area contributed by atoms with Crippen LogP contribution in [0.1, 0.15) is 23.1 Å². The molecule has 1 aliphatic rings. The highest BCUT2D eigenvalue weighted by Crippen LogP contribution is 2.26. The van der Waals surface area contributed by atoms with Gasteiger partial charge >= 0.3 is 0 Å². The Hall–Kier alpha value is -1.39. The van der Waals surface area contributed by atoms with E-state index in [9.17, 15) is 0 Å². The van der Waals surface area contributed by atoms with E-state index in [0.717, 1.165) is 44.2 Å². The summed E-state index contributed by atoms with van der Waals surface area (Å²) in [5.74, 6) is 0. The molecule has 1 aromatic heterocycles. The van der Waals surface area contributed by atoms with E-state index >= 15 is 0 Å². The van der Waals surface area contributed by atoms with Crippen LogP contribution >= 0.6 is 11.3 Å². The van der Waals surface area contributed by atoms with Gasteiger partial charge in [0.1, 0.15) is 0 Å². The Labute approximate surface area is 124 Å². The van der Waals surface area contributed by atoms with Crippen LogP contribution in [0, 0.1) is 0 Å². The van der Waals surface area contributed by atoms with Gasteiger partial charge in [0.05, 0.1) is 5.69 Å². The summed E-state index contributed by atoms with van der Waals surface area (Å²) >= 11 is 1.83. The van der Waals surface area contributed by atoms with Crippen molar-refractivity contribution in [2.75, 3.05) is 25.0 Å². The first-order valence-corrected chi connectivity index (χ1v) is 8.15. The highest BCUT2D eigenvalue weighted by Gasteiger charge is 2.18. The van der Waals surface area contributed by atoms with Gasteiger partial charge in [-0.05, 0) is 18.9 Å². The van der Waals surface area contributed by atoms with Gasteiger partial charge in [0.25, 0.3) is 0 Å². The van der Waals surface area contributed by atoms with Gasteiger partial charge in [-0.2, -0.15) is 0 Å². The third-order valence-electron chi connectivity index (χ3n) is 3.68. The van der Waals surface area contributed by atoms with E-state index in [1.54, 1.807) is 0 Å². The summed E-state index contributed by atoms with van der Waals surface area (Å²) in [5.41, 5.74) is 2.71. The van der Waals surface area contributed by atoms with Gasteiger partial charge in [-0.3, -0.25) is 4.90 Å². The summed E-state index contributed by atoms with van der Waals surface area (Å²) in [7, 11) is 0. The van der Waals surface area contributed by atoms with E-state index in [-0.39, 0.29) is 0 Å². The van der Waals surface area contributed by atoms with Crippen molar-refractivity contribution < 1.29 is 0 Å². The maximum Gasteiger partial charge on any atom is 0.183 e. The number of rotatable bonds is 4. The summed E-state index contributed by atoms with van der Waals surface area (Å²) in [6.45, 7) is 6.36. The molecule has 4 heteroatoms. The second-order valence-corrected chi connectivity index (χ2v) is 6.26. The average Bonchev–Trinajstić information content (AvgIpc) is 2.76. The summed E-state index contributed by atoms with van der Waals surface area (Å²) in [6.07, 6.45) is 2.20. The number of hydrogen-bond donors (Lipinski definition) is 1. The van der Waals surface area contributed by atoms with E-state index in [2.05, 4.69) is 47.5 Å². The number of hydrogen-bond acceptors (Lipinski definition) is 4. The van der Waals surface area contributed by atoms with E-state index in [4.69, 9.17) is 4.98 Å². The minimum absolute atomic E-state index is 0.951. The number of thiazole rings is 1. The molecule has 1 aromatic carbocycles. The van der Waals surface area contributed by atoms with Crippen LogP contribution in [-0.4, -0.2) is 29.5 Å². The lowest BCUT2D eigenvalue weighted by Gasteiger charge is -2.19. The van der Waals surface area contributed by atoms with Crippen LogP contribution < -0.4 is 5.32 Å². The van der Waals surface area contributed by atoms with Crippen molar-refractivity contribution in [3.8, 4) is 0 Å². The maximum absolute atomic E-state index is 4.72. The fourth-order valence-corrected chi connectivity index (χ4v) is 3.70. The molecule has 0 aliphatic carbocycles. The Morgan fingerprint density at radius 3 is 2.80 bits per heavy atom. The lowest BCUT2D eigenvalue weighted by atomic mass is 10.2. The molecule has 0 spiro atoms. The van der Waals surface area contributed by atoms with E-state index < -0.39 is 0 Å². The molecule has 0 atom stereocenters. The van der Waals surface area contributed by atoms with E-state index in [1.165, 1.54) is 16.1 Å². The van der Waals surface area contributed by atoms with Gasteiger partial charge in [-0.1, -0.05) is 30.3 Å². The fraction of sp³-hybridized carbons (Fsp3) is 0.438. The standard InChI is InChI=1S/C16H21N3S/c1-2-17-16-18-14-8-10-19(11-9-15(14)20-16)12-13-6-4-3-5-7-13/h3-7H,2,8-12H2,1H3,(H,17,18). The first-order valence-electron chi connectivity index (χ1n) is 7.34. The molecule has 0 bridgehead atoms. The minimum atomic E-state index is 0.951. The molecule has 0 saturated carbocycles. The van der Waals surface area contributed by atoms with Crippen molar-refractivity contribution >= 4 is 16.5 Å². The van der Waals surface area contributed by atoms with E-state index in [0.29, 0.717) is 0 Å². The van der Waals surface area contributed by atoms with Gasteiger partial charge < -0.3 is 5.32 Å². The Kier molecular flexibility index (Phi) is 4.33. The number of aromatic nitrogens is 1. The second kappa shape index (κ2) is 6.37. The normalized spacial score (nSPS) is 15.7. The monoisotopic (exact) mass is 287 g/mol. The van der Waals surface area contributed by atoms with E-state index in [1.807, 2.05) is 11.3 Å². The largest absolute Gasteiger partial charge is 0.362 e. The Morgan fingerprint density at radius 2 is 2.00 bits per heavy atom. The molecule has 20 heavy (non-hydrogen) atoms. The molecule has 0 saturated heterocycles. The van der Waals surface area contributed by atoms with Crippen LogP contribution in [0.2, 0.25) is 0 Å². The molecule has 0 radical (unpaired) electrons. The smallest absolute Gasteiger partial charge is 0.183 e. The predicted octanol–water partition coefficient (Wildman–Crippen LogP) is 3.18. The lowest BCUT2D eigenvalue weighted by molar-refractivity contribution is 0.279. The minimum Gasteiger partial charge on any atom is -0.362 e. The Morgan fingerprint density at radius 1 is 1.20 bits per heavy atom. The van der Waals surface area contributed by atoms with Crippen molar-refractivity contribution in [3.63, 3.8) is 0 Å². The second-order valence-electron chi connectivity index (χ2n) is 5.18. The van der Waals surface area contributed by atoms with Gasteiger partial charge in [0.2, 0.25) is 0 Å². The van der Waals surface area contributed by atoms with Crippen molar-refractivity contribution in [1.82, 2.24) is 9.88 Å². The number of anilines is 1. The quantitative estimate of drug-likeness (QED) is 0.936. The number of fused-ring (bicyclic) bond motifs is 1. The van der Waals surface area contributed by atoms with Crippen molar-refractivity contribution in [3.05, 3.63) is 46.5 Å². The third kappa shape index (κ3) is 3.19. The Bertz CT molecular complexity index is 525. The molecule has 0 unspecified atom stereocenters. The number of nitrogens with one attached hydrogen (secondary N) is 1. The summed E-state index contributed by atoms with van der Waals surface area (Å²) in [6, 6.07) is 10.7. The average molecular weight is 287 g/mol. The van der Waals surface area contributed by atoms with Crippen molar-refractivity contribution in [1.29, 1.82) is 0 Å². The predicted molar refractivity (Wildman–Crippen MR) is 85.4 cm³/mol. The molecular formula is C16H21N3S. The zero-order valence-corrected chi connectivity index (χ0v) is 12.7.